The molecular formula is C13H24N2O. The van der Waals surface area contributed by atoms with Gasteiger partial charge in [-0.15, -0.1) is 0 Å². The summed E-state index contributed by atoms with van der Waals surface area (Å²) in [7, 11) is 0. The van der Waals surface area contributed by atoms with E-state index in [0.717, 1.165) is 25.8 Å². The highest BCUT2D eigenvalue weighted by atomic mass is 16.2. The topological polar surface area (TPSA) is 46.3 Å². The predicted molar refractivity (Wildman–Crippen MR) is 64.9 cm³/mol. The normalized spacial score (nSPS) is 34.6. The standard InChI is InChI=1S/C13H24N2O/c1-9-5-4-8-15(10(9)2)12(16)13(3,14)11-6-7-11/h9-11H,4-8,14H2,1-3H3. The molecule has 0 spiro atoms. The summed E-state index contributed by atoms with van der Waals surface area (Å²) in [4.78, 5) is 14.5. The molecule has 3 heteroatoms. The van der Waals surface area contributed by atoms with Crippen LogP contribution in [-0.2, 0) is 4.79 Å². The summed E-state index contributed by atoms with van der Waals surface area (Å²) in [6.45, 7) is 7.20. The lowest BCUT2D eigenvalue weighted by molar-refractivity contribution is -0.141. The number of piperidine rings is 1. The van der Waals surface area contributed by atoms with Crippen molar-refractivity contribution in [1.29, 1.82) is 0 Å². The molecule has 2 N–H and O–H groups in total. The number of carbonyl (C=O) groups is 1. The van der Waals surface area contributed by atoms with Gasteiger partial charge < -0.3 is 10.6 Å². The fourth-order valence-corrected chi connectivity index (χ4v) is 2.79. The van der Waals surface area contributed by atoms with Gasteiger partial charge in [0.05, 0.1) is 5.54 Å². The van der Waals surface area contributed by atoms with E-state index in [4.69, 9.17) is 5.73 Å². The first-order valence-electron chi connectivity index (χ1n) is 6.54. The highest BCUT2D eigenvalue weighted by Crippen LogP contribution is 2.40. The highest BCUT2D eigenvalue weighted by Gasteiger charge is 2.47. The van der Waals surface area contributed by atoms with Gasteiger partial charge >= 0.3 is 0 Å². The Balaban J connectivity index is 2.08. The minimum Gasteiger partial charge on any atom is -0.338 e. The van der Waals surface area contributed by atoms with Crippen molar-refractivity contribution in [2.45, 2.75) is 58.0 Å². The Kier molecular flexibility index (Phi) is 2.99. The number of likely N-dealkylation sites (tertiary alicyclic amines) is 1. The molecule has 3 atom stereocenters. The van der Waals surface area contributed by atoms with Crippen LogP contribution in [0.15, 0.2) is 0 Å². The van der Waals surface area contributed by atoms with Gasteiger partial charge in [-0.05, 0) is 51.4 Å². The summed E-state index contributed by atoms with van der Waals surface area (Å²) in [6, 6.07) is 0.350. The Morgan fingerprint density at radius 3 is 2.50 bits per heavy atom. The molecule has 1 heterocycles. The molecule has 1 saturated heterocycles. The minimum absolute atomic E-state index is 0.175. The molecule has 3 nitrogen and oxygen atoms in total. The van der Waals surface area contributed by atoms with Gasteiger partial charge in [-0.3, -0.25) is 4.79 Å². The molecule has 0 aromatic carbocycles. The average molecular weight is 224 g/mol. The quantitative estimate of drug-likeness (QED) is 0.777. The Labute approximate surface area is 98.4 Å². The lowest BCUT2D eigenvalue weighted by Gasteiger charge is -2.41. The number of nitrogens with two attached hydrogens (primary N) is 1. The second-order valence-corrected chi connectivity index (χ2v) is 5.92. The van der Waals surface area contributed by atoms with Crippen LogP contribution in [0.1, 0.15) is 46.5 Å². The molecule has 1 amide bonds. The first-order valence-corrected chi connectivity index (χ1v) is 6.54. The second-order valence-electron chi connectivity index (χ2n) is 5.92. The molecule has 2 rings (SSSR count). The molecule has 2 fully saturated rings. The van der Waals surface area contributed by atoms with Gasteiger partial charge in [-0.25, -0.2) is 0 Å². The van der Waals surface area contributed by atoms with Crippen LogP contribution in [0, 0.1) is 11.8 Å². The third kappa shape index (κ3) is 1.97. The van der Waals surface area contributed by atoms with Crippen molar-refractivity contribution in [3.05, 3.63) is 0 Å². The number of amides is 1. The third-order valence-corrected chi connectivity index (χ3v) is 4.52. The van der Waals surface area contributed by atoms with E-state index in [2.05, 4.69) is 13.8 Å². The first-order chi connectivity index (χ1) is 7.44. The van der Waals surface area contributed by atoms with E-state index < -0.39 is 5.54 Å². The van der Waals surface area contributed by atoms with Crippen molar-refractivity contribution in [2.24, 2.45) is 17.6 Å². The van der Waals surface area contributed by atoms with Crippen LogP contribution in [0.5, 0.6) is 0 Å². The van der Waals surface area contributed by atoms with Gasteiger partial charge in [0, 0.05) is 12.6 Å². The Hall–Kier alpha value is -0.570. The van der Waals surface area contributed by atoms with Gasteiger partial charge in [-0.1, -0.05) is 6.92 Å². The molecule has 16 heavy (non-hydrogen) atoms. The molecular weight excluding hydrogens is 200 g/mol. The summed E-state index contributed by atoms with van der Waals surface area (Å²) in [5.74, 6) is 1.20. The number of hydrogen-bond acceptors (Lipinski definition) is 2. The molecule has 1 aliphatic heterocycles. The van der Waals surface area contributed by atoms with Crippen LogP contribution in [0.25, 0.3) is 0 Å². The van der Waals surface area contributed by atoms with Crippen LogP contribution < -0.4 is 5.73 Å². The van der Waals surface area contributed by atoms with Crippen molar-refractivity contribution >= 4 is 5.91 Å². The molecule has 1 aliphatic carbocycles. The third-order valence-electron chi connectivity index (χ3n) is 4.52. The fraction of sp³-hybridized carbons (Fsp3) is 0.923. The summed E-state index contributed by atoms with van der Waals surface area (Å²) in [6.07, 6.45) is 4.60. The molecule has 2 aliphatic rings. The number of hydrogen-bond donors (Lipinski definition) is 1. The Bertz CT molecular complexity index is 284. The number of carbonyl (C=O) groups excluding carboxylic acids is 1. The largest absolute Gasteiger partial charge is 0.338 e. The van der Waals surface area contributed by atoms with Gasteiger partial charge in [0.1, 0.15) is 0 Å². The Morgan fingerprint density at radius 1 is 1.31 bits per heavy atom. The van der Waals surface area contributed by atoms with E-state index in [1.807, 2.05) is 11.8 Å². The zero-order chi connectivity index (χ0) is 11.9. The van der Waals surface area contributed by atoms with Crippen molar-refractivity contribution < 1.29 is 4.79 Å². The zero-order valence-electron chi connectivity index (χ0n) is 10.7. The van der Waals surface area contributed by atoms with E-state index in [1.54, 1.807) is 0 Å². The van der Waals surface area contributed by atoms with Crippen molar-refractivity contribution in [2.75, 3.05) is 6.54 Å². The molecule has 0 bridgehead atoms. The molecule has 1 saturated carbocycles. The van der Waals surface area contributed by atoms with E-state index in [0.29, 0.717) is 17.9 Å². The zero-order valence-corrected chi connectivity index (χ0v) is 10.7. The SMILES string of the molecule is CC1CCCN(C(=O)C(C)(N)C2CC2)C1C. The summed E-state index contributed by atoms with van der Waals surface area (Å²) >= 11 is 0. The second kappa shape index (κ2) is 4.02. The monoisotopic (exact) mass is 224 g/mol. The maximum absolute atomic E-state index is 12.5. The molecule has 0 aromatic heterocycles. The molecule has 0 radical (unpaired) electrons. The maximum atomic E-state index is 12.5. The van der Waals surface area contributed by atoms with Crippen LogP contribution in [0.4, 0.5) is 0 Å². The predicted octanol–water partition coefficient (Wildman–Crippen LogP) is 1.76. The average Bonchev–Trinajstić information content (AvgIpc) is 3.04. The van der Waals surface area contributed by atoms with Crippen molar-refractivity contribution in [3.63, 3.8) is 0 Å². The fourth-order valence-electron chi connectivity index (χ4n) is 2.79. The highest BCUT2D eigenvalue weighted by molar-refractivity contribution is 5.86. The lowest BCUT2D eigenvalue weighted by Crippen LogP contribution is -2.59. The summed E-state index contributed by atoms with van der Waals surface area (Å²) in [5.41, 5.74) is 5.59. The Morgan fingerprint density at radius 2 is 1.94 bits per heavy atom. The van der Waals surface area contributed by atoms with Gasteiger partial charge in [0.25, 0.3) is 0 Å². The first kappa shape index (κ1) is 11.9. The van der Waals surface area contributed by atoms with E-state index in [1.165, 1.54) is 6.42 Å². The molecule has 0 aromatic rings. The van der Waals surface area contributed by atoms with Gasteiger partial charge in [-0.2, -0.15) is 0 Å². The lowest BCUT2D eigenvalue weighted by atomic mass is 9.88. The van der Waals surface area contributed by atoms with Crippen molar-refractivity contribution in [3.8, 4) is 0 Å². The maximum Gasteiger partial charge on any atom is 0.242 e. The van der Waals surface area contributed by atoms with Crippen LogP contribution >= 0.6 is 0 Å². The van der Waals surface area contributed by atoms with Gasteiger partial charge in [0.2, 0.25) is 5.91 Å². The van der Waals surface area contributed by atoms with Crippen molar-refractivity contribution in [1.82, 2.24) is 4.90 Å². The summed E-state index contributed by atoms with van der Waals surface area (Å²) in [5, 5.41) is 0. The smallest absolute Gasteiger partial charge is 0.242 e. The van der Waals surface area contributed by atoms with Crippen LogP contribution in [0.2, 0.25) is 0 Å². The van der Waals surface area contributed by atoms with Gasteiger partial charge in [0.15, 0.2) is 0 Å². The van der Waals surface area contributed by atoms with Crippen LogP contribution in [-0.4, -0.2) is 28.9 Å². The molecule has 3 unspecified atom stereocenters. The number of rotatable bonds is 2. The van der Waals surface area contributed by atoms with E-state index in [9.17, 15) is 4.79 Å². The van der Waals surface area contributed by atoms with E-state index in [-0.39, 0.29) is 5.91 Å². The minimum atomic E-state index is -0.620. The van der Waals surface area contributed by atoms with E-state index >= 15 is 0 Å². The van der Waals surface area contributed by atoms with Crippen LogP contribution in [0.3, 0.4) is 0 Å². The number of nitrogens with zero attached hydrogens (tertiary/aromatic N) is 1. The molecule has 92 valence electrons. The summed E-state index contributed by atoms with van der Waals surface area (Å²) < 4.78 is 0.